The summed E-state index contributed by atoms with van der Waals surface area (Å²) >= 11 is 0. The van der Waals surface area contributed by atoms with Crippen LogP contribution < -0.4 is 5.32 Å². The average molecular weight is 509 g/mol. The number of amidine groups is 1. The van der Waals surface area contributed by atoms with Gasteiger partial charge in [-0.25, -0.2) is 22.8 Å². The monoisotopic (exact) mass is 508 g/mol. The maximum absolute atomic E-state index is 13.9. The van der Waals surface area contributed by atoms with Gasteiger partial charge in [0.1, 0.15) is 22.9 Å². The highest BCUT2D eigenvalue weighted by Gasteiger charge is 2.42. The van der Waals surface area contributed by atoms with E-state index in [1.807, 2.05) is 4.90 Å². The Balaban J connectivity index is 2.28. The molecule has 1 atom stereocenters. The van der Waals surface area contributed by atoms with Gasteiger partial charge in [-0.3, -0.25) is 9.98 Å². The van der Waals surface area contributed by atoms with E-state index < -0.39 is 20.4 Å². The first-order valence-electron chi connectivity index (χ1n) is 11.2. The van der Waals surface area contributed by atoms with Crippen LogP contribution in [0.4, 0.5) is 10.3 Å². The lowest BCUT2D eigenvalue weighted by Crippen LogP contribution is -2.55. The second-order valence-corrected chi connectivity index (χ2v) is 11.5. The first kappa shape index (κ1) is 26.6. The van der Waals surface area contributed by atoms with Crippen molar-refractivity contribution < 1.29 is 22.3 Å². The van der Waals surface area contributed by atoms with Gasteiger partial charge in [-0.1, -0.05) is 6.58 Å². The standard InChI is InChI=1S/C23H33FN6O4S/c1-8-17-18(11-14(2)24)30(22(26-6)28-17)15(3)27-20(23(4,5)35(7,31)32)19-21(25)29-9-10-33-12-16(29)13-34-19/h8,11,16,25H,1,9-10,12-13H2,2-7H3,(H,26,28)/b14-11+,20-19+,25-21?,27-15?/t16-/m0/s1. The molecule has 10 nitrogen and oxygen atoms in total. The molecule has 2 aliphatic heterocycles. The maximum Gasteiger partial charge on any atom is 0.209 e. The average Bonchev–Trinajstić information content (AvgIpc) is 3.14. The van der Waals surface area contributed by atoms with Crippen LogP contribution in [0.3, 0.4) is 0 Å². The molecule has 12 heteroatoms. The molecule has 0 spiro atoms. The number of ether oxygens (including phenoxy) is 2. The highest BCUT2D eigenvalue weighted by atomic mass is 32.2. The molecular formula is C23H33FN6O4S. The van der Waals surface area contributed by atoms with Crippen LogP contribution in [0, 0.1) is 5.41 Å². The minimum absolute atomic E-state index is 0.0544. The molecule has 2 fully saturated rings. The van der Waals surface area contributed by atoms with Gasteiger partial charge in [-0.2, -0.15) is 0 Å². The zero-order chi connectivity index (χ0) is 26.1. The number of aromatic nitrogens is 2. The molecule has 0 radical (unpaired) electrons. The topological polar surface area (TPSA) is 122 Å². The summed E-state index contributed by atoms with van der Waals surface area (Å²) in [7, 11) is -2.03. The summed E-state index contributed by atoms with van der Waals surface area (Å²) in [5, 5.41) is 11.8. The van der Waals surface area contributed by atoms with Crippen molar-refractivity contribution in [3.05, 3.63) is 35.2 Å². The molecule has 1 aromatic heterocycles. The summed E-state index contributed by atoms with van der Waals surface area (Å²) in [6.45, 7) is 11.4. The molecule has 2 N–H and O–H groups in total. The van der Waals surface area contributed by atoms with Gasteiger partial charge in [0.15, 0.2) is 21.4 Å². The minimum atomic E-state index is -3.69. The smallest absolute Gasteiger partial charge is 0.209 e. The summed E-state index contributed by atoms with van der Waals surface area (Å²) in [4.78, 5) is 11.0. The van der Waals surface area contributed by atoms with Crippen molar-refractivity contribution in [3.63, 3.8) is 0 Å². The molecular weight excluding hydrogens is 475 g/mol. The molecule has 0 aliphatic carbocycles. The van der Waals surface area contributed by atoms with Crippen LogP contribution in [0.15, 0.2) is 28.9 Å². The third kappa shape index (κ3) is 5.03. The van der Waals surface area contributed by atoms with Crippen molar-refractivity contribution in [3.8, 4) is 0 Å². The molecule has 0 amide bonds. The van der Waals surface area contributed by atoms with Crippen LogP contribution in [0.1, 0.15) is 39.1 Å². The Morgan fingerprint density at radius 1 is 1.37 bits per heavy atom. The molecule has 0 saturated carbocycles. The molecule has 0 aromatic carbocycles. The van der Waals surface area contributed by atoms with E-state index in [2.05, 4.69) is 16.9 Å². The third-order valence-corrected chi connectivity index (χ3v) is 8.20. The number of allylic oxidation sites excluding steroid dienone is 1. The van der Waals surface area contributed by atoms with Crippen LogP contribution >= 0.6 is 0 Å². The zero-order valence-corrected chi connectivity index (χ0v) is 21.8. The van der Waals surface area contributed by atoms with E-state index in [1.165, 1.54) is 32.9 Å². The van der Waals surface area contributed by atoms with Gasteiger partial charge in [0.2, 0.25) is 5.95 Å². The number of aliphatic imine (C=N–C) groups is 1. The summed E-state index contributed by atoms with van der Waals surface area (Å²) < 4.78 is 51.2. The predicted molar refractivity (Wildman–Crippen MR) is 136 cm³/mol. The Hall–Kier alpha value is -2.99. The Morgan fingerprint density at radius 3 is 2.63 bits per heavy atom. The fourth-order valence-electron chi connectivity index (χ4n) is 3.91. The minimum Gasteiger partial charge on any atom is -0.486 e. The highest BCUT2D eigenvalue weighted by Crippen LogP contribution is 2.34. The molecule has 2 aliphatic rings. The Kier molecular flexibility index (Phi) is 7.56. The fraction of sp³-hybridized carbons (Fsp3) is 0.522. The third-order valence-electron chi connectivity index (χ3n) is 6.15. The van der Waals surface area contributed by atoms with E-state index in [4.69, 9.17) is 19.9 Å². The van der Waals surface area contributed by atoms with Gasteiger partial charge in [0, 0.05) is 19.8 Å². The van der Waals surface area contributed by atoms with Crippen LogP contribution in [0.25, 0.3) is 12.2 Å². The van der Waals surface area contributed by atoms with E-state index in [-0.39, 0.29) is 29.9 Å². The van der Waals surface area contributed by atoms with Crippen molar-refractivity contribution in [2.75, 3.05) is 45.0 Å². The SMILES string of the molecule is C=Cc1nc(NC)n(C(C)=N/C(=C2/OC[C@@H]3COCCN3C2=N)C(C)(C)S(C)(=O)=O)c1/C=C(\C)F. The van der Waals surface area contributed by atoms with Crippen molar-refractivity contribution in [2.45, 2.75) is 38.5 Å². The van der Waals surface area contributed by atoms with E-state index in [9.17, 15) is 12.8 Å². The molecule has 2 saturated heterocycles. The first-order valence-corrected chi connectivity index (χ1v) is 13.1. The quantitative estimate of drug-likeness (QED) is 0.448. The van der Waals surface area contributed by atoms with Crippen LogP contribution in [-0.4, -0.2) is 85.0 Å². The number of imidazole rings is 1. The van der Waals surface area contributed by atoms with E-state index in [0.717, 1.165) is 6.26 Å². The Bertz CT molecular complexity index is 1220. The number of hydrogen-bond acceptors (Lipinski definition) is 8. The Morgan fingerprint density at radius 2 is 2.06 bits per heavy atom. The number of hydrogen-bond donors (Lipinski definition) is 2. The van der Waals surface area contributed by atoms with E-state index in [1.54, 1.807) is 18.5 Å². The number of fused-ring (bicyclic) bond motifs is 1. The van der Waals surface area contributed by atoms with Gasteiger partial charge < -0.3 is 19.7 Å². The van der Waals surface area contributed by atoms with Crippen molar-refractivity contribution >= 4 is 39.6 Å². The maximum atomic E-state index is 13.9. The zero-order valence-electron chi connectivity index (χ0n) is 21.0. The van der Waals surface area contributed by atoms with Gasteiger partial charge in [0.25, 0.3) is 0 Å². The molecule has 0 unspecified atom stereocenters. The molecule has 0 bridgehead atoms. The summed E-state index contributed by atoms with van der Waals surface area (Å²) in [5.41, 5.74) is 0.894. The normalized spacial score (nSPS) is 21.4. The summed E-state index contributed by atoms with van der Waals surface area (Å²) in [5.74, 6) is 0.367. The van der Waals surface area contributed by atoms with Crippen LogP contribution in [-0.2, 0) is 19.3 Å². The van der Waals surface area contributed by atoms with Gasteiger partial charge >= 0.3 is 0 Å². The molecule has 3 heterocycles. The lowest BCUT2D eigenvalue weighted by molar-refractivity contribution is -0.0163. The lowest BCUT2D eigenvalue weighted by Gasteiger charge is -2.42. The second kappa shape index (κ2) is 9.94. The van der Waals surface area contributed by atoms with Crippen LogP contribution in [0.5, 0.6) is 0 Å². The number of rotatable bonds is 6. The Labute approximate surface area is 205 Å². The molecule has 192 valence electrons. The van der Waals surface area contributed by atoms with Crippen LogP contribution in [0.2, 0.25) is 0 Å². The number of nitrogens with one attached hydrogen (secondary N) is 2. The van der Waals surface area contributed by atoms with E-state index in [0.29, 0.717) is 42.9 Å². The highest BCUT2D eigenvalue weighted by molar-refractivity contribution is 7.92. The largest absolute Gasteiger partial charge is 0.486 e. The molecule has 3 rings (SSSR count). The second-order valence-electron chi connectivity index (χ2n) is 8.93. The van der Waals surface area contributed by atoms with Gasteiger partial charge in [0.05, 0.1) is 36.5 Å². The van der Waals surface area contributed by atoms with Gasteiger partial charge in [-0.05, 0) is 39.8 Å². The predicted octanol–water partition coefficient (Wildman–Crippen LogP) is 2.91. The number of halogens is 1. The number of sulfone groups is 1. The first-order chi connectivity index (χ1) is 16.3. The lowest BCUT2D eigenvalue weighted by atomic mass is 10.1. The number of nitrogens with zero attached hydrogens (tertiary/aromatic N) is 4. The fourth-order valence-corrected chi connectivity index (χ4v) is 4.40. The van der Waals surface area contributed by atoms with Crippen molar-refractivity contribution in [2.24, 2.45) is 4.99 Å². The number of morpholine rings is 2. The van der Waals surface area contributed by atoms with Crippen molar-refractivity contribution in [1.82, 2.24) is 14.5 Å². The number of anilines is 1. The molecule has 1 aromatic rings. The summed E-state index contributed by atoms with van der Waals surface area (Å²) in [6, 6.07) is -0.128. The molecule has 35 heavy (non-hydrogen) atoms. The summed E-state index contributed by atoms with van der Waals surface area (Å²) in [6.07, 6.45) is 3.92. The van der Waals surface area contributed by atoms with Crippen molar-refractivity contribution in [1.29, 1.82) is 5.41 Å². The van der Waals surface area contributed by atoms with E-state index >= 15 is 0 Å². The van der Waals surface area contributed by atoms with Gasteiger partial charge in [-0.15, -0.1) is 0 Å².